The summed E-state index contributed by atoms with van der Waals surface area (Å²) in [5, 5.41) is 12.0. The highest BCUT2D eigenvalue weighted by molar-refractivity contribution is 6.17. The zero-order valence-corrected chi connectivity index (χ0v) is 12.1. The number of rotatable bonds is 6. The molecule has 1 aromatic carbocycles. The second kappa shape index (κ2) is 6.49. The van der Waals surface area contributed by atoms with Crippen molar-refractivity contribution < 1.29 is 4.52 Å². The fourth-order valence-corrected chi connectivity index (χ4v) is 2.16. The van der Waals surface area contributed by atoms with Crippen LogP contribution in [0.1, 0.15) is 23.0 Å². The fourth-order valence-electron chi connectivity index (χ4n) is 1.97. The third-order valence-corrected chi connectivity index (χ3v) is 3.14. The molecule has 0 unspecified atom stereocenters. The van der Waals surface area contributed by atoms with E-state index in [9.17, 15) is 0 Å². The van der Waals surface area contributed by atoms with E-state index in [4.69, 9.17) is 16.1 Å². The van der Waals surface area contributed by atoms with Gasteiger partial charge >= 0.3 is 0 Å². The Kier molecular flexibility index (Phi) is 4.25. The number of alkyl halides is 1. The Morgan fingerprint density at radius 1 is 1.19 bits per heavy atom. The first-order valence-electron chi connectivity index (χ1n) is 6.64. The Morgan fingerprint density at radius 2 is 2.05 bits per heavy atom. The summed E-state index contributed by atoms with van der Waals surface area (Å²) < 4.78 is 6.90. The molecule has 7 heteroatoms. The van der Waals surface area contributed by atoms with Crippen LogP contribution in [0.3, 0.4) is 0 Å². The van der Waals surface area contributed by atoms with Crippen molar-refractivity contribution in [1.82, 2.24) is 25.1 Å². The lowest BCUT2D eigenvalue weighted by Crippen LogP contribution is -2.01. The number of halogens is 1. The van der Waals surface area contributed by atoms with Crippen LogP contribution in [0.15, 0.2) is 41.1 Å². The molecule has 0 saturated carbocycles. The zero-order chi connectivity index (χ0) is 14.5. The van der Waals surface area contributed by atoms with Gasteiger partial charge < -0.3 is 4.52 Å². The minimum atomic E-state index is 0.414. The summed E-state index contributed by atoms with van der Waals surface area (Å²) in [7, 11) is 0. The highest BCUT2D eigenvalue weighted by Gasteiger charge is 2.09. The molecule has 0 aliphatic heterocycles. The Hall–Kier alpha value is -2.21. The Balaban J connectivity index is 1.64. The van der Waals surface area contributed by atoms with E-state index >= 15 is 0 Å². The molecule has 0 atom stereocenters. The van der Waals surface area contributed by atoms with Gasteiger partial charge in [0.2, 0.25) is 5.89 Å². The van der Waals surface area contributed by atoms with E-state index in [1.165, 1.54) is 0 Å². The average Bonchev–Trinajstić information content (AvgIpc) is 3.11. The van der Waals surface area contributed by atoms with Crippen LogP contribution in [-0.2, 0) is 19.4 Å². The lowest BCUT2D eigenvalue weighted by atomic mass is 10.1. The normalized spacial score (nSPS) is 10.9. The van der Waals surface area contributed by atoms with E-state index < -0.39 is 0 Å². The molecule has 0 radical (unpaired) electrons. The zero-order valence-electron chi connectivity index (χ0n) is 11.3. The van der Waals surface area contributed by atoms with E-state index in [0.717, 1.165) is 11.3 Å². The Morgan fingerprint density at radius 3 is 2.86 bits per heavy atom. The second-order valence-electron chi connectivity index (χ2n) is 4.61. The van der Waals surface area contributed by atoms with E-state index in [1.807, 2.05) is 36.5 Å². The Bertz CT molecular complexity index is 694. The first-order valence-corrected chi connectivity index (χ1v) is 7.17. The van der Waals surface area contributed by atoms with Crippen LogP contribution in [0.25, 0.3) is 0 Å². The molecule has 0 aliphatic carbocycles. The van der Waals surface area contributed by atoms with Crippen molar-refractivity contribution in [3.8, 4) is 0 Å². The van der Waals surface area contributed by atoms with Gasteiger partial charge in [-0.25, -0.2) is 4.68 Å². The summed E-state index contributed by atoms with van der Waals surface area (Å²) in [6, 6.07) is 10.0. The third kappa shape index (κ3) is 3.66. The summed E-state index contributed by atoms with van der Waals surface area (Å²) in [6.07, 6.45) is 3.19. The molecule has 3 aromatic rings. The van der Waals surface area contributed by atoms with E-state index in [0.29, 0.717) is 37.0 Å². The number of benzene rings is 1. The monoisotopic (exact) mass is 303 g/mol. The number of hydrogen-bond donors (Lipinski definition) is 0. The third-order valence-electron chi connectivity index (χ3n) is 2.95. The van der Waals surface area contributed by atoms with Crippen LogP contribution in [0.2, 0.25) is 0 Å². The lowest BCUT2D eigenvalue weighted by molar-refractivity contribution is 0.360. The number of nitrogens with zero attached hydrogens (tertiary/aromatic N) is 5. The van der Waals surface area contributed by atoms with Crippen LogP contribution >= 0.6 is 11.6 Å². The maximum absolute atomic E-state index is 5.67. The van der Waals surface area contributed by atoms with Gasteiger partial charge in [-0.15, -0.1) is 16.7 Å². The molecule has 6 nitrogen and oxygen atoms in total. The van der Waals surface area contributed by atoms with Crippen LogP contribution < -0.4 is 0 Å². The largest absolute Gasteiger partial charge is 0.337 e. The molecular formula is C14H14ClN5O. The molecule has 2 heterocycles. The van der Waals surface area contributed by atoms with E-state index in [1.54, 1.807) is 4.68 Å². The summed E-state index contributed by atoms with van der Waals surface area (Å²) in [5.41, 5.74) is 2.00. The first kappa shape index (κ1) is 13.8. The topological polar surface area (TPSA) is 69.6 Å². The molecule has 3 rings (SSSR count). The predicted molar refractivity (Wildman–Crippen MR) is 77.1 cm³/mol. The summed E-state index contributed by atoms with van der Waals surface area (Å²) in [5.74, 6) is 1.71. The summed E-state index contributed by atoms with van der Waals surface area (Å²) in [6.45, 7) is 0.414. The maximum atomic E-state index is 5.67. The second-order valence-corrected chi connectivity index (χ2v) is 4.99. The number of aryl methyl sites for hydroxylation is 1. The number of aromatic nitrogens is 5. The molecule has 0 spiro atoms. The summed E-state index contributed by atoms with van der Waals surface area (Å²) >= 11 is 5.67. The van der Waals surface area contributed by atoms with Crippen molar-refractivity contribution in [3.63, 3.8) is 0 Å². The molecule has 0 aliphatic rings. The molecule has 0 amide bonds. The van der Waals surface area contributed by atoms with Gasteiger partial charge in [-0.05, 0) is 5.56 Å². The van der Waals surface area contributed by atoms with Crippen LogP contribution in [-0.4, -0.2) is 31.0 Å². The Labute approximate surface area is 126 Å². The summed E-state index contributed by atoms with van der Waals surface area (Å²) in [4.78, 5) is 4.36. The van der Waals surface area contributed by atoms with E-state index in [-0.39, 0.29) is 0 Å². The molecule has 0 saturated heterocycles. The minimum Gasteiger partial charge on any atom is -0.337 e. The lowest BCUT2D eigenvalue weighted by Gasteiger charge is -1.94. The molecule has 21 heavy (non-hydrogen) atoms. The molecule has 0 N–H and O–H groups in total. The highest BCUT2D eigenvalue weighted by atomic mass is 35.5. The van der Waals surface area contributed by atoms with Crippen molar-refractivity contribution in [2.45, 2.75) is 19.4 Å². The van der Waals surface area contributed by atoms with Crippen molar-refractivity contribution >= 4 is 11.6 Å². The van der Waals surface area contributed by atoms with Gasteiger partial charge in [0.15, 0.2) is 5.82 Å². The molecule has 0 bridgehead atoms. The van der Waals surface area contributed by atoms with Crippen LogP contribution in [0, 0.1) is 0 Å². The van der Waals surface area contributed by atoms with Gasteiger partial charge in [-0.2, -0.15) is 4.98 Å². The van der Waals surface area contributed by atoms with Gasteiger partial charge in [-0.3, -0.25) is 0 Å². The fraction of sp³-hybridized carbons (Fsp3) is 0.286. The molecule has 0 fully saturated rings. The predicted octanol–water partition coefficient (Wildman–Crippen LogP) is 2.08. The highest BCUT2D eigenvalue weighted by Crippen LogP contribution is 2.07. The minimum absolute atomic E-state index is 0.414. The number of hydrogen-bond acceptors (Lipinski definition) is 5. The van der Waals surface area contributed by atoms with Crippen molar-refractivity contribution in [2.24, 2.45) is 0 Å². The van der Waals surface area contributed by atoms with Gasteiger partial charge in [0.05, 0.1) is 5.69 Å². The van der Waals surface area contributed by atoms with Gasteiger partial charge in [-0.1, -0.05) is 40.7 Å². The molecule has 108 valence electrons. The smallest absolute Gasteiger partial charge is 0.248 e. The first-order chi connectivity index (χ1) is 10.3. The quantitative estimate of drug-likeness (QED) is 0.652. The molecular weight excluding hydrogens is 290 g/mol. The van der Waals surface area contributed by atoms with Gasteiger partial charge in [0.25, 0.3) is 0 Å². The van der Waals surface area contributed by atoms with Crippen molar-refractivity contribution in [3.05, 3.63) is 59.5 Å². The van der Waals surface area contributed by atoms with Crippen molar-refractivity contribution in [2.75, 3.05) is 5.88 Å². The van der Waals surface area contributed by atoms with Gasteiger partial charge in [0, 0.05) is 24.9 Å². The average molecular weight is 304 g/mol. The SMILES string of the molecule is ClCCc1cn(Cc2nc(Cc3ccccc3)no2)nn1. The maximum Gasteiger partial charge on any atom is 0.248 e. The molecule has 2 aromatic heterocycles. The standard InChI is InChI=1S/C14H14ClN5O/c15-7-6-12-9-20(19-17-12)10-14-16-13(18-21-14)8-11-4-2-1-3-5-11/h1-5,9H,6-8,10H2. The van der Waals surface area contributed by atoms with Crippen LogP contribution in [0.5, 0.6) is 0 Å². The van der Waals surface area contributed by atoms with E-state index in [2.05, 4.69) is 20.5 Å². The van der Waals surface area contributed by atoms with Crippen molar-refractivity contribution in [1.29, 1.82) is 0 Å². The van der Waals surface area contributed by atoms with Gasteiger partial charge in [0.1, 0.15) is 6.54 Å². The van der Waals surface area contributed by atoms with Crippen LogP contribution in [0.4, 0.5) is 0 Å².